The molecule has 0 unspecified atom stereocenters. The summed E-state index contributed by atoms with van der Waals surface area (Å²) in [6, 6.07) is 7.42. The Morgan fingerprint density at radius 3 is 2.25 bits per heavy atom. The van der Waals surface area contributed by atoms with Gasteiger partial charge in [-0.15, -0.1) is 0 Å². The fourth-order valence-corrected chi connectivity index (χ4v) is 1.73. The van der Waals surface area contributed by atoms with Gasteiger partial charge < -0.3 is 15.4 Å². The zero-order valence-electron chi connectivity index (χ0n) is 12.4. The van der Waals surface area contributed by atoms with E-state index in [0.717, 1.165) is 31.0 Å². The Hall–Kier alpha value is -2.04. The van der Waals surface area contributed by atoms with Gasteiger partial charge in [0.05, 0.1) is 12.7 Å². The predicted octanol–water partition coefficient (Wildman–Crippen LogP) is 1.59. The van der Waals surface area contributed by atoms with Gasteiger partial charge in [-0.2, -0.15) is 0 Å². The highest BCUT2D eigenvalue weighted by Crippen LogP contribution is 2.06. The lowest BCUT2D eigenvalue weighted by atomic mass is 10.1. The van der Waals surface area contributed by atoms with Gasteiger partial charge in [0.2, 0.25) is 0 Å². The Morgan fingerprint density at radius 2 is 1.75 bits per heavy atom. The van der Waals surface area contributed by atoms with E-state index in [-0.39, 0.29) is 5.97 Å². The van der Waals surface area contributed by atoms with E-state index in [4.69, 9.17) is 0 Å². The van der Waals surface area contributed by atoms with Crippen LogP contribution in [0.1, 0.15) is 29.8 Å². The van der Waals surface area contributed by atoms with Crippen molar-refractivity contribution in [2.24, 2.45) is 4.99 Å². The lowest BCUT2D eigenvalue weighted by molar-refractivity contribution is 0.0600. The molecule has 0 aliphatic carbocycles. The van der Waals surface area contributed by atoms with Gasteiger partial charge in [-0.25, -0.2) is 4.79 Å². The smallest absolute Gasteiger partial charge is 0.337 e. The van der Waals surface area contributed by atoms with E-state index in [2.05, 4.69) is 20.4 Å². The van der Waals surface area contributed by atoms with Gasteiger partial charge in [0.1, 0.15) is 0 Å². The summed E-state index contributed by atoms with van der Waals surface area (Å²) in [5.74, 6) is 0.525. The molecule has 0 heterocycles. The van der Waals surface area contributed by atoms with Crippen molar-refractivity contribution < 1.29 is 9.53 Å². The van der Waals surface area contributed by atoms with Crippen molar-refractivity contribution in [1.82, 2.24) is 10.6 Å². The molecule has 0 saturated heterocycles. The minimum Gasteiger partial charge on any atom is -0.465 e. The molecule has 2 N–H and O–H groups in total. The molecule has 0 aliphatic heterocycles. The quantitative estimate of drug-likeness (QED) is 0.471. The van der Waals surface area contributed by atoms with Crippen molar-refractivity contribution in [1.29, 1.82) is 0 Å². The lowest BCUT2D eigenvalue weighted by Crippen LogP contribution is -2.37. The van der Waals surface area contributed by atoms with Gasteiger partial charge in [-0.1, -0.05) is 12.1 Å². The second-order valence-electron chi connectivity index (χ2n) is 4.23. The van der Waals surface area contributed by atoms with Gasteiger partial charge >= 0.3 is 5.97 Å². The molecule has 0 saturated carbocycles. The summed E-state index contributed by atoms with van der Waals surface area (Å²) in [5, 5.41) is 6.36. The van der Waals surface area contributed by atoms with E-state index >= 15 is 0 Å². The monoisotopic (exact) mass is 277 g/mol. The molecule has 0 fully saturated rings. The van der Waals surface area contributed by atoms with Crippen LogP contribution in [-0.2, 0) is 11.2 Å². The van der Waals surface area contributed by atoms with Crippen LogP contribution >= 0.6 is 0 Å². The van der Waals surface area contributed by atoms with Crippen molar-refractivity contribution in [2.45, 2.75) is 20.3 Å². The van der Waals surface area contributed by atoms with Crippen LogP contribution in [0.4, 0.5) is 0 Å². The lowest BCUT2D eigenvalue weighted by Gasteiger charge is -2.09. The van der Waals surface area contributed by atoms with Crippen LogP contribution in [0.3, 0.4) is 0 Å². The molecular formula is C15H23N3O2. The molecule has 0 radical (unpaired) electrons. The van der Waals surface area contributed by atoms with Crippen LogP contribution in [0.2, 0.25) is 0 Å². The maximum atomic E-state index is 11.3. The number of guanidine groups is 1. The number of aliphatic imine (C=N–C) groups is 1. The third kappa shape index (κ3) is 5.30. The molecule has 1 rings (SSSR count). The first-order valence-electron chi connectivity index (χ1n) is 6.90. The Balaban J connectivity index is 2.52. The first kappa shape index (κ1) is 16.0. The molecule has 20 heavy (non-hydrogen) atoms. The van der Waals surface area contributed by atoms with E-state index < -0.39 is 0 Å². The third-order valence-electron chi connectivity index (χ3n) is 2.73. The molecule has 1 aromatic carbocycles. The van der Waals surface area contributed by atoms with Gasteiger partial charge in [0.25, 0.3) is 0 Å². The van der Waals surface area contributed by atoms with E-state index in [1.54, 1.807) is 12.1 Å². The molecule has 5 nitrogen and oxygen atoms in total. The highest BCUT2D eigenvalue weighted by atomic mass is 16.5. The molecule has 0 atom stereocenters. The summed E-state index contributed by atoms with van der Waals surface area (Å²) in [5.41, 5.74) is 1.72. The van der Waals surface area contributed by atoms with Gasteiger partial charge in [-0.05, 0) is 38.0 Å². The number of hydrogen-bond acceptors (Lipinski definition) is 3. The van der Waals surface area contributed by atoms with Crippen molar-refractivity contribution >= 4 is 11.9 Å². The molecule has 1 aromatic rings. The number of nitrogens with zero attached hydrogens (tertiary/aromatic N) is 1. The third-order valence-corrected chi connectivity index (χ3v) is 2.73. The molecule has 110 valence electrons. The number of carbonyl (C=O) groups excluding carboxylic acids is 1. The average molecular weight is 277 g/mol. The SMILES string of the molecule is CCNC(=NCCc1ccc(C(=O)OC)cc1)NCC. The van der Waals surface area contributed by atoms with Crippen LogP contribution in [0.15, 0.2) is 29.3 Å². The van der Waals surface area contributed by atoms with Gasteiger partial charge in [-0.3, -0.25) is 4.99 Å². The summed E-state index contributed by atoms with van der Waals surface area (Å²) in [6.07, 6.45) is 0.835. The maximum absolute atomic E-state index is 11.3. The van der Waals surface area contributed by atoms with Crippen molar-refractivity contribution in [2.75, 3.05) is 26.7 Å². The second kappa shape index (κ2) is 8.96. The number of benzene rings is 1. The summed E-state index contributed by atoms with van der Waals surface area (Å²) in [7, 11) is 1.38. The average Bonchev–Trinajstić information content (AvgIpc) is 2.47. The zero-order chi connectivity index (χ0) is 14.8. The number of nitrogens with one attached hydrogen (secondary N) is 2. The van der Waals surface area contributed by atoms with E-state index in [0.29, 0.717) is 12.1 Å². The molecule has 5 heteroatoms. The summed E-state index contributed by atoms with van der Waals surface area (Å²) in [4.78, 5) is 15.8. The number of ether oxygens (including phenoxy) is 1. The highest BCUT2D eigenvalue weighted by molar-refractivity contribution is 5.89. The van der Waals surface area contributed by atoms with E-state index in [1.807, 2.05) is 26.0 Å². The van der Waals surface area contributed by atoms with Crippen LogP contribution < -0.4 is 10.6 Å². The van der Waals surface area contributed by atoms with Gasteiger partial charge in [0.15, 0.2) is 5.96 Å². The number of esters is 1. The predicted molar refractivity (Wildman–Crippen MR) is 81.1 cm³/mol. The highest BCUT2D eigenvalue weighted by Gasteiger charge is 2.04. The second-order valence-corrected chi connectivity index (χ2v) is 4.23. The summed E-state index contributed by atoms with van der Waals surface area (Å²) < 4.78 is 4.67. The fourth-order valence-electron chi connectivity index (χ4n) is 1.73. The number of methoxy groups -OCH3 is 1. The van der Waals surface area contributed by atoms with Crippen LogP contribution in [0.5, 0.6) is 0 Å². The van der Waals surface area contributed by atoms with E-state index in [9.17, 15) is 4.79 Å². The van der Waals surface area contributed by atoms with Crippen LogP contribution in [0, 0.1) is 0 Å². The number of rotatable bonds is 6. The summed E-state index contributed by atoms with van der Waals surface area (Å²) in [6.45, 7) is 6.48. The Bertz CT molecular complexity index is 433. The Labute approximate surface area is 120 Å². The summed E-state index contributed by atoms with van der Waals surface area (Å²) >= 11 is 0. The Morgan fingerprint density at radius 1 is 1.15 bits per heavy atom. The number of hydrogen-bond donors (Lipinski definition) is 2. The molecule has 0 bridgehead atoms. The normalized spacial score (nSPS) is 9.75. The Kier molecular flexibility index (Phi) is 7.17. The standard InChI is InChI=1S/C15H23N3O2/c1-4-16-15(17-5-2)18-11-10-12-6-8-13(9-7-12)14(19)20-3/h6-9H,4-5,10-11H2,1-3H3,(H2,16,17,18). The molecule has 0 aromatic heterocycles. The van der Waals surface area contributed by atoms with Crippen molar-refractivity contribution in [3.05, 3.63) is 35.4 Å². The topological polar surface area (TPSA) is 62.7 Å². The van der Waals surface area contributed by atoms with Crippen LogP contribution in [-0.4, -0.2) is 38.7 Å². The van der Waals surface area contributed by atoms with E-state index in [1.165, 1.54) is 7.11 Å². The first-order valence-corrected chi connectivity index (χ1v) is 6.90. The maximum Gasteiger partial charge on any atom is 0.337 e. The van der Waals surface area contributed by atoms with Crippen molar-refractivity contribution in [3.8, 4) is 0 Å². The minimum atomic E-state index is -0.309. The molecular weight excluding hydrogens is 254 g/mol. The largest absolute Gasteiger partial charge is 0.465 e. The fraction of sp³-hybridized carbons (Fsp3) is 0.467. The molecule has 0 aliphatic rings. The first-order chi connectivity index (χ1) is 9.71. The minimum absolute atomic E-state index is 0.309. The van der Waals surface area contributed by atoms with Crippen LogP contribution in [0.25, 0.3) is 0 Å². The molecule has 0 amide bonds. The van der Waals surface area contributed by atoms with Crippen molar-refractivity contribution in [3.63, 3.8) is 0 Å². The number of carbonyl (C=O) groups is 1. The zero-order valence-corrected chi connectivity index (χ0v) is 12.4. The van der Waals surface area contributed by atoms with Gasteiger partial charge in [0, 0.05) is 19.6 Å². The molecule has 0 spiro atoms.